The zero-order valence-electron chi connectivity index (χ0n) is 5.93. The third-order valence-corrected chi connectivity index (χ3v) is 2.89. The van der Waals surface area contributed by atoms with Crippen LogP contribution in [-0.4, -0.2) is 31.6 Å². The van der Waals surface area contributed by atoms with Gasteiger partial charge in [-0.05, 0) is 13.3 Å². The first-order valence-corrected chi connectivity index (χ1v) is 5.45. The minimum atomic E-state index is -2.32. The Kier molecular flexibility index (Phi) is 2.36. The molecule has 0 saturated carbocycles. The molecule has 0 aliphatic rings. The molecular weight excluding hydrogens is 146 g/mol. The van der Waals surface area contributed by atoms with Gasteiger partial charge in [0.2, 0.25) is 1.43 Å². The topological polar surface area (TPSA) is 37.3 Å². The molecule has 1 unspecified atom stereocenters. The molecule has 1 N–H and O–H groups in total. The Balaban J connectivity index is 3.96. The number of aliphatic hydroxyl groups is 1. The highest BCUT2D eigenvalue weighted by molar-refractivity contribution is 7.62. The van der Waals surface area contributed by atoms with Gasteiger partial charge in [0.05, 0.1) is 5.88 Å². The average Bonchev–Trinajstić information content (AvgIpc) is 1.65. The Morgan fingerprint density at radius 1 is 2.00 bits per heavy atom. The number of hydrogen-bond donors (Lipinski definition) is 1. The van der Waals surface area contributed by atoms with Gasteiger partial charge in [-0.25, -0.2) is 0 Å². The summed E-state index contributed by atoms with van der Waals surface area (Å²) in [6.45, 7) is 3.10. The summed E-state index contributed by atoms with van der Waals surface area (Å²) in [4.78, 5) is 0. The van der Waals surface area contributed by atoms with Crippen LogP contribution >= 0.6 is 18.7 Å². The predicted molar refractivity (Wildman–Crippen MR) is 36.2 cm³/mol. The predicted octanol–water partition coefficient (Wildman–Crippen LogP) is 1.17. The minimum Gasteiger partial charge on any atom is -0.384 e. The highest BCUT2D eigenvalue weighted by atomic mass is 35.5. The molecule has 0 heterocycles. The molecule has 1 atom stereocenters. The molecule has 0 saturated heterocycles. The van der Waals surface area contributed by atoms with Gasteiger partial charge >= 0.3 is 0 Å². The summed E-state index contributed by atoms with van der Waals surface area (Å²) in [7, 11) is -2.32. The van der Waals surface area contributed by atoms with E-state index in [2.05, 4.69) is 5.11 Å². The molecule has 0 aliphatic heterocycles. The Morgan fingerprint density at radius 3 is 2.50 bits per heavy atom. The third-order valence-electron chi connectivity index (χ3n) is 0.826. The van der Waals surface area contributed by atoms with Crippen molar-refractivity contribution in [1.82, 2.24) is 0 Å². The van der Waals surface area contributed by atoms with Gasteiger partial charge in [-0.2, -0.15) is 0 Å². The van der Waals surface area contributed by atoms with Crippen molar-refractivity contribution >= 4 is 18.7 Å². The summed E-state index contributed by atoms with van der Waals surface area (Å²) < 4.78 is 17.5. The first kappa shape index (κ1) is 6.60. The lowest BCUT2D eigenvalue weighted by Crippen LogP contribution is -2.06. The summed E-state index contributed by atoms with van der Waals surface area (Å²) in [5.41, 5.74) is 0. The molecule has 0 fully saturated rings. The van der Waals surface area contributed by atoms with E-state index in [1.165, 1.54) is 0 Å². The summed E-state index contributed by atoms with van der Waals surface area (Å²) in [5, 5.41) is 4.12. The van der Waals surface area contributed by atoms with E-state index in [-0.39, 0.29) is 5.88 Å². The first-order chi connectivity index (χ1) is 4.02. The number of hydrogen-bond acceptors (Lipinski definition) is 2. The second-order valence-electron chi connectivity index (χ2n) is 2.04. The van der Waals surface area contributed by atoms with Crippen LogP contribution in [0.1, 0.15) is 0 Å². The van der Waals surface area contributed by atoms with Crippen LogP contribution in [0.4, 0.5) is 0 Å². The van der Waals surface area contributed by atoms with Crippen molar-refractivity contribution in [3.63, 3.8) is 0 Å². The number of aliphatic hydroxyl groups excluding tert-OH is 1. The van der Waals surface area contributed by atoms with Crippen molar-refractivity contribution in [2.75, 3.05) is 19.2 Å². The van der Waals surface area contributed by atoms with Crippen LogP contribution in [0.5, 0.6) is 0 Å². The zero-order valence-corrected chi connectivity index (χ0v) is 6.58. The van der Waals surface area contributed by atoms with E-state index in [1.807, 2.05) is 0 Å². The molecule has 0 spiro atoms. The van der Waals surface area contributed by atoms with Gasteiger partial charge in [-0.15, -0.1) is 11.6 Å². The van der Waals surface area contributed by atoms with Crippen molar-refractivity contribution in [1.29, 1.82) is 1.43 Å². The van der Waals surface area contributed by atoms with Crippen molar-refractivity contribution < 1.29 is 9.67 Å². The van der Waals surface area contributed by atoms with E-state index in [1.54, 1.807) is 13.3 Å². The van der Waals surface area contributed by atoms with Crippen LogP contribution in [0, 0.1) is 0 Å². The molecule has 0 aromatic heterocycles. The van der Waals surface area contributed by atoms with Crippen LogP contribution in [0.3, 0.4) is 0 Å². The highest BCUT2D eigenvalue weighted by Gasteiger charge is 2.17. The molecular formula is C4H10ClO2P. The van der Waals surface area contributed by atoms with Crippen LogP contribution in [-0.2, 0) is 4.57 Å². The smallest absolute Gasteiger partial charge is 0.211 e. The minimum absolute atomic E-state index is 0.119. The fraction of sp³-hybridized carbons (Fsp3) is 1.00. The van der Waals surface area contributed by atoms with E-state index in [4.69, 9.17) is 13.0 Å². The van der Waals surface area contributed by atoms with Gasteiger partial charge in [-0.1, -0.05) is 0 Å². The highest BCUT2D eigenvalue weighted by Crippen LogP contribution is 2.40. The summed E-state index contributed by atoms with van der Waals surface area (Å²) in [6.07, 6.45) is 0. The number of halogens is 1. The Bertz CT molecular complexity index is 120. The molecule has 0 bridgehead atoms. The Labute approximate surface area is 55.7 Å². The molecule has 0 aromatic carbocycles. The van der Waals surface area contributed by atoms with Gasteiger partial charge in [-0.3, -0.25) is 0 Å². The van der Waals surface area contributed by atoms with Gasteiger partial charge in [0, 0.05) is 0 Å². The van der Waals surface area contributed by atoms with Crippen molar-refractivity contribution in [3.8, 4) is 0 Å². The largest absolute Gasteiger partial charge is 0.384 e. The molecule has 8 heavy (non-hydrogen) atoms. The molecule has 0 aromatic rings. The fourth-order valence-corrected chi connectivity index (χ4v) is 1.50. The Hall–Kier alpha value is 0.480. The molecule has 4 heteroatoms. The lowest BCUT2D eigenvalue weighted by Gasteiger charge is -2.10. The summed E-state index contributed by atoms with van der Waals surface area (Å²) in [5.74, 6) is -0.493. The zero-order chi connectivity index (χ0) is 7.49. The average molecular weight is 159 g/mol. The van der Waals surface area contributed by atoms with Crippen molar-refractivity contribution in [2.45, 2.75) is 5.85 Å². The second kappa shape index (κ2) is 2.86. The summed E-state index contributed by atoms with van der Waals surface area (Å²) in [6, 6.07) is 0. The number of alkyl halides is 1. The van der Waals surface area contributed by atoms with E-state index >= 15 is 0 Å². The molecule has 0 aliphatic carbocycles. The maximum atomic E-state index is 11.0. The van der Waals surface area contributed by atoms with Crippen LogP contribution < -0.4 is 0 Å². The van der Waals surface area contributed by atoms with E-state index in [0.717, 1.165) is 0 Å². The van der Waals surface area contributed by atoms with Crippen LogP contribution in [0.2, 0.25) is 0 Å². The normalized spacial score (nSPS) is 17.6. The van der Waals surface area contributed by atoms with Crippen molar-refractivity contribution in [3.05, 3.63) is 0 Å². The van der Waals surface area contributed by atoms with Crippen LogP contribution in [0.25, 0.3) is 0 Å². The SMILES string of the molecule is [3H]OC(CCl)P(C)(C)=O. The fourth-order valence-electron chi connectivity index (χ4n) is 0.166. The quantitative estimate of drug-likeness (QED) is 0.495. The van der Waals surface area contributed by atoms with Gasteiger partial charge in [0.1, 0.15) is 13.0 Å². The summed E-state index contributed by atoms with van der Waals surface area (Å²) >= 11 is 5.34. The molecule has 2 nitrogen and oxygen atoms in total. The first-order valence-electron chi connectivity index (χ1n) is 2.65. The maximum Gasteiger partial charge on any atom is 0.211 e. The van der Waals surface area contributed by atoms with Gasteiger partial charge in [0.15, 0.2) is 0 Å². The molecule has 0 rings (SSSR count). The van der Waals surface area contributed by atoms with Crippen LogP contribution in [0.15, 0.2) is 0 Å². The third kappa shape index (κ3) is 2.71. The van der Waals surface area contributed by atoms with E-state index < -0.39 is 13.0 Å². The van der Waals surface area contributed by atoms with Gasteiger partial charge < -0.3 is 9.67 Å². The Morgan fingerprint density at radius 2 is 2.50 bits per heavy atom. The lowest BCUT2D eigenvalue weighted by molar-refractivity contribution is 0.272. The second-order valence-corrected chi connectivity index (χ2v) is 5.80. The maximum absolute atomic E-state index is 11.0. The standard InChI is InChI=1S/C4H10ClO2P/c1-8(2,7)4(6)3-5/h4,6H,3H2,1-2H3/i6T. The van der Waals surface area contributed by atoms with E-state index in [9.17, 15) is 4.57 Å². The molecule has 0 radical (unpaired) electrons. The van der Waals surface area contributed by atoms with Crippen molar-refractivity contribution in [2.24, 2.45) is 0 Å². The monoisotopic (exact) mass is 158 g/mol. The molecule has 0 amide bonds. The molecule has 50 valence electrons. The van der Waals surface area contributed by atoms with Gasteiger partial charge in [0.25, 0.3) is 0 Å². The van der Waals surface area contributed by atoms with E-state index in [0.29, 0.717) is 0 Å². The number of rotatable bonds is 3. The lowest BCUT2D eigenvalue weighted by atomic mass is 10.9.